The molecule has 0 fully saturated rings. The molecule has 0 bridgehead atoms. The standard InChI is InChI=1S/C11H13ClO4/c1-3-14-11(13)7-15-10-6-9(16-12)5-4-8(10)2/h4-6H,3,7H2,1-2H3. The van der Waals surface area contributed by atoms with Crippen LogP contribution in [0.2, 0.25) is 0 Å². The molecule has 5 heteroatoms. The Hall–Kier alpha value is -1.42. The van der Waals surface area contributed by atoms with Crippen LogP contribution in [0.5, 0.6) is 11.5 Å². The number of carbonyl (C=O) groups excluding carboxylic acids is 1. The fourth-order valence-corrected chi connectivity index (χ4v) is 1.22. The first-order valence-corrected chi connectivity index (χ1v) is 5.16. The van der Waals surface area contributed by atoms with Crippen LogP contribution in [-0.2, 0) is 9.53 Å². The minimum Gasteiger partial charge on any atom is -0.481 e. The molecule has 88 valence electrons. The van der Waals surface area contributed by atoms with E-state index in [9.17, 15) is 4.79 Å². The van der Waals surface area contributed by atoms with E-state index in [2.05, 4.69) is 4.29 Å². The highest BCUT2D eigenvalue weighted by atomic mass is 35.5. The monoisotopic (exact) mass is 244 g/mol. The first-order valence-electron chi connectivity index (χ1n) is 4.85. The van der Waals surface area contributed by atoms with E-state index in [-0.39, 0.29) is 6.61 Å². The van der Waals surface area contributed by atoms with Gasteiger partial charge in [-0.25, -0.2) is 4.79 Å². The third kappa shape index (κ3) is 3.62. The molecule has 0 unspecified atom stereocenters. The predicted octanol–water partition coefficient (Wildman–Crippen LogP) is 2.47. The maximum atomic E-state index is 11.1. The normalized spacial score (nSPS) is 9.69. The van der Waals surface area contributed by atoms with Crippen molar-refractivity contribution in [1.82, 2.24) is 0 Å². The zero-order valence-electron chi connectivity index (χ0n) is 9.16. The molecule has 0 amide bonds. The smallest absolute Gasteiger partial charge is 0.344 e. The number of esters is 1. The summed E-state index contributed by atoms with van der Waals surface area (Å²) < 4.78 is 14.6. The van der Waals surface area contributed by atoms with Crippen molar-refractivity contribution in [2.24, 2.45) is 0 Å². The zero-order chi connectivity index (χ0) is 12.0. The van der Waals surface area contributed by atoms with Crippen molar-refractivity contribution in [3.05, 3.63) is 23.8 Å². The largest absolute Gasteiger partial charge is 0.481 e. The average Bonchev–Trinajstić information content (AvgIpc) is 2.28. The molecule has 0 aromatic heterocycles. The Balaban J connectivity index is 2.62. The number of aryl methyl sites for hydroxylation is 1. The van der Waals surface area contributed by atoms with Crippen LogP contribution < -0.4 is 9.03 Å². The fourth-order valence-electron chi connectivity index (χ4n) is 1.12. The Kier molecular flexibility index (Phi) is 4.92. The highest BCUT2D eigenvalue weighted by Crippen LogP contribution is 2.24. The van der Waals surface area contributed by atoms with E-state index in [0.29, 0.717) is 18.1 Å². The molecule has 0 aliphatic carbocycles. The molecule has 0 N–H and O–H groups in total. The Morgan fingerprint density at radius 2 is 2.19 bits per heavy atom. The van der Waals surface area contributed by atoms with Crippen molar-refractivity contribution in [3.63, 3.8) is 0 Å². The molecule has 0 saturated carbocycles. The summed E-state index contributed by atoms with van der Waals surface area (Å²) in [5.41, 5.74) is 0.891. The fraction of sp³-hybridized carbons (Fsp3) is 0.364. The molecule has 0 heterocycles. The lowest BCUT2D eigenvalue weighted by Gasteiger charge is -2.09. The van der Waals surface area contributed by atoms with Gasteiger partial charge in [-0.15, -0.1) is 0 Å². The van der Waals surface area contributed by atoms with Crippen molar-refractivity contribution >= 4 is 17.8 Å². The second-order valence-corrected chi connectivity index (χ2v) is 3.25. The molecule has 0 atom stereocenters. The molecule has 1 aromatic rings. The number of hydrogen-bond acceptors (Lipinski definition) is 4. The van der Waals surface area contributed by atoms with Crippen molar-refractivity contribution in [3.8, 4) is 11.5 Å². The summed E-state index contributed by atoms with van der Waals surface area (Å²) in [6, 6.07) is 5.11. The minimum absolute atomic E-state index is 0.125. The van der Waals surface area contributed by atoms with E-state index >= 15 is 0 Å². The number of halogens is 1. The zero-order valence-corrected chi connectivity index (χ0v) is 9.91. The molecule has 16 heavy (non-hydrogen) atoms. The van der Waals surface area contributed by atoms with Crippen LogP contribution in [0.1, 0.15) is 12.5 Å². The summed E-state index contributed by atoms with van der Waals surface area (Å²) in [6.07, 6.45) is 0. The number of carbonyl (C=O) groups is 1. The molecular weight excluding hydrogens is 232 g/mol. The molecule has 1 aromatic carbocycles. The van der Waals surface area contributed by atoms with Crippen LogP contribution in [0.4, 0.5) is 0 Å². The summed E-state index contributed by atoms with van der Waals surface area (Å²) in [4.78, 5) is 11.1. The second-order valence-electron chi connectivity index (χ2n) is 3.10. The number of ether oxygens (including phenoxy) is 2. The van der Waals surface area contributed by atoms with Gasteiger partial charge in [0.25, 0.3) is 0 Å². The van der Waals surface area contributed by atoms with Gasteiger partial charge < -0.3 is 13.8 Å². The van der Waals surface area contributed by atoms with Crippen LogP contribution in [0.15, 0.2) is 18.2 Å². The summed E-state index contributed by atoms with van der Waals surface area (Å²) in [6.45, 7) is 3.82. The van der Waals surface area contributed by atoms with Gasteiger partial charge in [0.2, 0.25) is 0 Å². The summed E-state index contributed by atoms with van der Waals surface area (Å²) >= 11 is 5.22. The van der Waals surface area contributed by atoms with Gasteiger partial charge in [-0.3, -0.25) is 0 Å². The van der Waals surface area contributed by atoms with Crippen LogP contribution >= 0.6 is 11.9 Å². The average molecular weight is 245 g/mol. The Morgan fingerprint density at radius 1 is 1.44 bits per heavy atom. The molecule has 0 saturated heterocycles. The van der Waals surface area contributed by atoms with Crippen LogP contribution in [-0.4, -0.2) is 19.2 Å². The third-order valence-corrected chi connectivity index (χ3v) is 2.08. The van der Waals surface area contributed by atoms with Crippen molar-refractivity contribution < 1.29 is 18.6 Å². The van der Waals surface area contributed by atoms with Gasteiger partial charge in [-0.05, 0) is 25.5 Å². The second kappa shape index (κ2) is 6.23. The minimum atomic E-state index is -0.404. The lowest BCUT2D eigenvalue weighted by atomic mass is 10.2. The number of hydrogen-bond donors (Lipinski definition) is 0. The first kappa shape index (κ1) is 12.6. The van der Waals surface area contributed by atoms with E-state index in [4.69, 9.17) is 21.3 Å². The van der Waals surface area contributed by atoms with Gasteiger partial charge in [0.05, 0.1) is 6.61 Å². The van der Waals surface area contributed by atoms with Gasteiger partial charge >= 0.3 is 5.97 Å². The Morgan fingerprint density at radius 3 is 2.81 bits per heavy atom. The van der Waals surface area contributed by atoms with Gasteiger partial charge in [-0.2, -0.15) is 0 Å². The lowest BCUT2D eigenvalue weighted by molar-refractivity contribution is -0.145. The van der Waals surface area contributed by atoms with Crippen molar-refractivity contribution in [1.29, 1.82) is 0 Å². The highest BCUT2D eigenvalue weighted by Gasteiger charge is 2.06. The molecule has 0 aliphatic heterocycles. The Labute approximate surface area is 99.2 Å². The summed E-state index contributed by atoms with van der Waals surface area (Å²) in [5.74, 6) is 0.608. The first-order chi connectivity index (χ1) is 7.67. The van der Waals surface area contributed by atoms with Crippen LogP contribution in [0.3, 0.4) is 0 Å². The highest BCUT2D eigenvalue weighted by molar-refractivity contribution is 6.09. The molecule has 0 aliphatic rings. The molecule has 0 radical (unpaired) electrons. The molecule has 0 spiro atoms. The third-order valence-electron chi connectivity index (χ3n) is 1.90. The van der Waals surface area contributed by atoms with Crippen molar-refractivity contribution in [2.45, 2.75) is 13.8 Å². The van der Waals surface area contributed by atoms with E-state index in [1.807, 2.05) is 6.92 Å². The quantitative estimate of drug-likeness (QED) is 0.747. The maximum Gasteiger partial charge on any atom is 0.344 e. The van der Waals surface area contributed by atoms with Gasteiger partial charge in [0.1, 0.15) is 23.4 Å². The van der Waals surface area contributed by atoms with E-state index in [1.54, 1.807) is 25.1 Å². The van der Waals surface area contributed by atoms with E-state index in [0.717, 1.165) is 5.56 Å². The lowest BCUT2D eigenvalue weighted by Crippen LogP contribution is -2.14. The van der Waals surface area contributed by atoms with Gasteiger partial charge in [-0.1, -0.05) is 6.07 Å². The van der Waals surface area contributed by atoms with E-state index in [1.165, 1.54) is 0 Å². The van der Waals surface area contributed by atoms with Gasteiger partial charge in [0, 0.05) is 6.07 Å². The Bertz CT molecular complexity index is 365. The SMILES string of the molecule is CCOC(=O)COc1cc(OCl)ccc1C. The molecular formula is C11H13ClO4. The summed E-state index contributed by atoms with van der Waals surface area (Å²) in [7, 11) is 0. The maximum absolute atomic E-state index is 11.1. The van der Waals surface area contributed by atoms with Crippen molar-refractivity contribution in [2.75, 3.05) is 13.2 Å². The van der Waals surface area contributed by atoms with Gasteiger partial charge in [0.15, 0.2) is 6.61 Å². The van der Waals surface area contributed by atoms with E-state index < -0.39 is 5.97 Å². The number of rotatable bonds is 5. The topological polar surface area (TPSA) is 44.8 Å². The molecule has 4 nitrogen and oxygen atoms in total. The van der Waals surface area contributed by atoms with Crippen LogP contribution in [0, 0.1) is 6.92 Å². The summed E-state index contributed by atoms with van der Waals surface area (Å²) in [5, 5.41) is 0. The molecule has 1 rings (SSSR count). The number of benzene rings is 1. The van der Waals surface area contributed by atoms with Crippen LogP contribution in [0.25, 0.3) is 0 Å². The predicted molar refractivity (Wildman–Crippen MR) is 59.8 cm³/mol.